The fourth-order valence-electron chi connectivity index (χ4n) is 4.83. The van der Waals surface area contributed by atoms with Gasteiger partial charge in [0.25, 0.3) is 6.26 Å². The predicted molar refractivity (Wildman–Crippen MR) is 130 cm³/mol. The SMILES string of the molecule is CC1=CC2=NC1=C(C)c1[nH]c(cc1C)C=c1cc(C)/c([nH]1)=C(\C)CC(C)C/C(OC#N)=C/2. The second-order valence-electron chi connectivity index (χ2n) is 9.15. The van der Waals surface area contributed by atoms with Crippen LogP contribution in [0.3, 0.4) is 0 Å². The van der Waals surface area contributed by atoms with Crippen LogP contribution < -0.4 is 10.7 Å². The molecule has 1 unspecified atom stereocenters. The van der Waals surface area contributed by atoms with E-state index < -0.39 is 0 Å². The highest BCUT2D eigenvalue weighted by Gasteiger charge is 2.18. The summed E-state index contributed by atoms with van der Waals surface area (Å²) in [5.41, 5.74) is 9.86. The van der Waals surface area contributed by atoms with Crippen LogP contribution in [0.25, 0.3) is 17.2 Å². The minimum atomic E-state index is 0.317. The molecule has 1 atom stereocenters. The molecule has 0 spiro atoms. The summed E-state index contributed by atoms with van der Waals surface area (Å²) in [4.78, 5) is 12.0. The Kier molecular flexibility index (Phi) is 5.80. The third-order valence-electron chi connectivity index (χ3n) is 6.21. The molecule has 0 fully saturated rings. The van der Waals surface area contributed by atoms with Crippen LogP contribution in [0.15, 0.2) is 46.3 Å². The van der Waals surface area contributed by atoms with Crippen LogP contribution >= 0.6 is 0 Å². The average molecular weight is 427 g/mol. The van der Waals surface area contributed by atoms with Gasteiger partial charge >= 0.3 is 0 Å². The number of aromatic amines is 2. The van der Waals surface area contributed by atoms with Gasteiger partial charge in [0.1, 0.15) is 5.76 Å². The Morgan fingerprint density at radius 3 is 2.53 bits per heavy atom. The van der Waals surface area contributed by atoms with Gasteiger partial charge in [0.2, 0.25) is 0 Å². The zero-order chi connectivity index (χ0) is 23.0. The Morgan fingerprint density at radius 2 is 1.78 bits per heavy atom. The number of nitriles is 1. The smallest absolute Gasteiger partial charge is 0.291 e. The molecular formula is C27H30N4O. The molecule has 0 aromatic carbocycles. The Balaban J connectivity index is 1.94. The predicted octanol–water partition coefficient (Wildman–Crippen LogP) is 4.90. The number of hydrogen-bond acceptors (Lipinski definition) is 3. The Hall–Kier alpha value is -3.52. The molecule has 0 aliphatic carbocycles. The zero-order valence-electron chi connectivity index (χ0n) is 19.7. The molecular weight excluding hydrogens is 396 g/mol. The Bertz CT molecular complexity index is 1370. The molecule has 2 N–H and O–H groups in total. The van der Waals surface area contributed by atoms with Gasteiger partial charge in [-0.3, -0.25) is 0 Å². The summed E-state index contributed by atoms with van der Waals surface area (Å²) in [5, 5.41) is 11.4. The van der Waals surface area contributed by atoms with E-state index in [9.17, 15) is 5.26 Å². The summed E-state index contributed by atoms with van der Waals surface area (Å²) < 4.78 is 5.33. The Morgan fingerprint density at radius 1 is 1.00 bits per heavy atom. The van der Waals surface area contributed by atoms with Crippen molar-refractivity contribution in [1.82, 2.24) is 9.97 Å². The van der Waals surface area contributed by atoms with Crippen LogP contribution in [0.2, 0.25) is 0 Å². The summed E-state index contributed by atoms with van der Waals surface area (Å²) in [6.45, 7) is 12.8. The maximum Gasteiger partial charge on any atom is 0.291 e. The molecule has 2 aromatic rings. The van der Waals surface area contributed by atoms with E-state index in [1.807, 2.05) is 12.3 Å². The van der Waals surface area contributed by atoms with E-state index in [2.05, 4.69) is 75.8 Å². The molecule has 0 radical (unpaired) electrons. The number of aromatic nitrogens is 2. The van der Waals surface area contributed by atoms with Crippen LogP contribution in [-0.2, 0) is 4.74 Å². The van der Waals surface area contributed by atoms with Crippen molar-refractivity contribution >= 4 is 22.9 Å². The van der Waals surface area contributed by atoms with E-state index in [1.54, 1.807) is 0 Å². The van der Waals surface area contributed by atoms with Gasteiger partial charge in [0.05, 0.1) is 11.4 Å². The van der Waals surface area contributed by atoms with Gasteiger partial charge in [-0.05, 0) is 99.1 Å². The van der Waals surface area contributed by atoms with Gasteiger partial charge in [-0.25, -0.2) is 4.99 Å². The first-order chi connectivity index (χ1) is 15.2. The molecule has 5 nitrogen and oxygen atoms in total. The summed E-state index contributed by atoms with van der Waals surface area (Å²) in [5.74, 6) is 0.965. The number of nitrogens with one attached hydrogen (secondary N) is 2. The summed E-state index contributed by atoms with van der Waals surface area (Å²) in [7, 11) is 0. The van der Waals surface area contributed by atoms with E-state index in [0.717, 1.165) is 45.7 Å². The van der Waals surface area contributed by atoms with Gasteiger partial charge in [0, 0.05) is 34.6 Å². The van der Waals surface area contributed by atoms with Gasteiger partial charge in [-0.2, -0.15) is 0 Å². The monoisotopic (exact) mass is 426 g/mol. The fourth-order valence-corrected chi connectivity index (χ4v) is 4.83. The lowest BCUT2D eigenvalue weighted by Crippen LogP contribution is -2.15. The Labute approximate surface area is 189 Å². The molecule has 0 saturated heterocycles. The van der Waals surface area contributed by atoms with E-state index in [1.165, 1.54) is 22.0 Å². The molecule has 164 valence electrons. The van der Waals surface area contributed by atoms with E-state index in [0.29, 0.717) is 18.1 Å². The highest BCUT2D eigenvalue weighted by atomic mass is 16.5. The van der Waals surface area contributed by atoms with Crippen LogP contribution in [-0.4, -0.2) is 15.7 Å². The molecule has 2 aliphatic heterocycles. The van der Waals surface area contributed by atoms with Crippen molar-refractivity contribution in [2.45, 2.75) is 54.4 Å². The lowest BCUT2D eigenvalue weighted by Gasteiger charge is -2.12. The molecule has 0 amide bonds. The number of rotatable bonds is 1. The highest BCUT2D eigenvalue weighted by molar-refractivity contribution is 6.08. The second-order valence-corrected chi connectivity index (χ2v) is 9.15. The number of allylic oxidation sites excluding steroid dienone is 5. The van der Waals surface area contributed by atoms with Crippen molar-refractivity contribution in [1.29, 1.82) is 5.26 Å². The molecule has 32 heavy (non-hydrogen) atoms. The second kappa shape index (κ2) is 8.55. The molecule has 6 bridgehead atoms. The maximum atomic E-state index is 9.18. The van der Waals surface area contributed by atoms with Crippen molar-refractivity contribution in [2.24, 2.45) is 10.9 Å². The summed E-state index contributed by atoms with van der Waals surface area (Å²) >= 11 is 0. The van der Waals surface area contributed by atoms with Crippen LogP contribution in [0.5, 0.6) is 0 Å². The minimum absolute atomic E-state index is 0.317. The third kappa shape index (κ3) is 4.27. The number of aliphatic imine (C=N–C) groups is 1. The lowest BCUT2D eigenvalue weighted by molar-refractivity contribution is 0.334. The van der Waals surface area contributed by atoms with E-state index in [-0.39, 0.29) is 0 Å². The number of hydrogen-bond donors (Lipinski definition) is 2. The van der Waals surface area contributed by atoms with Crippen molar-refractivity contribution in [3.63, 3.8) is 0 Å². The van der Waals surface area contributed by atoms with Gasteiger partial charge in [-0.15, -0.1) is 5.26 Å². The first-order valence-electron chi connectivity index (χ1n) is 11.1. The fraction of sp³-hybridized carbons (Fsp3) is 0.333. The molecule has 2 aliphatic rings. The van der Waals surface area contributed by atoms with Crippen molar-refractivity contribution in [3.8, 4) is 6.26 Å². The van der Waals surface area contributed by atoms with Gasteiger partial charge in [-0.1, -0.05) is 6.92 Å². The highest BCUT2D eigenvalue weighted by Crippen LogP contribution is 2.31. The van der Waals surface area contributed by atoms with E-state index in [4.69, 9.17) is 9.73 Å². The largest absolute Gasteiger partial charge is 0.392 e. The van der Waals surface area contributed by atoms with Gasteiger partial charge in [0.15, 0.2) is 0 Å². The number of ether oxygens (including phenoxy) is 1. The van der Waals surface area contributed by atoms with Crippen molar-refractivity contribution < 1.29 is 4.74 Å². The number of H-pyrrole nitrogens is 2. The van der Waals surface area contributed by atoms with Crippen LogP contribution in [0, 0.1) is 31.3 Å². The maximum absolute atomic E-state index is 9.18. The van der Waals surface area contributed by atoms with Crippen molar-refractivity contribution in [3.05, 3.63) is 74.5 Å². The molecule has 2 aromatic heterocycles. The zero-order valence-corrected chi connectivity index (χ0v) is 19.7. The molecule has 0 saturated carbocycles. The first kappa shape index (κ1) is 21.7. The summed E-state index contributed by atoms with van der Waals surface area (Å²) in [6, 6.07) is 4.37. The summed E-state index contributed by atoms with van der Waals surface area (Å²) in [6.07, 6.45) is 9.54. The average Bonchev–Trinajstić information content (AvgIpc) is 3.37. The topological polar surface area (TPSA) is 77.0 Å². The number of aryl methyl sites for hydroxylation is 2. The van der Waals surface area contributed by atoms with Crippen LogP contribution in [0.4, 0.5) is 0 Å². The quantitative estimate of drug-likeness (QED) is 0.636. The molecule has 5 heteroatoms. The van der Waals surface area contributed by atoms with Crippen molar-refractivity contribution in [2.75, 3.05) is 0 Å². The van der Waals surface area contributed by atoms with E-state index >= 15 is 0 Å². The standard InChI is InChI=1S/C27H30N4O/c1-15-7-16(2)25-17(3)9-21(29-25)12-22-10-18(4)26(30-22)20(6)27-19(5)11-23(31-27)13-24(8-15)32-14-28/h9-13,15,29-30H,7-8H2,1-6H3/b21-12?,24-13-,25-16-,27-20?. The van der Waals surface area contributed by atoms with Crippen LogP contribution in [0.1, 0.15) is 63.1 Å². The number of fused-ring (bicyclic) bond motifs is 5. The molecule has 4 rings (SSSR count). The lowest BCUT2D eigenvalue weighted by atomic mass is 9.96. The van der Waals surface area contributed by atoms with Gasteiger partial charge < -0.3 is 14.7 Å². The first-order valence-corrected chi connectivity index (χ1v) is 11.1. The minimum Gasteiger partial charge on any atom is -0.392 e. The normalized spacial score (nSPS) is 22.3. The molecule has 4 heterocycles. The number of nitrogens with zero attached hydrogens (tertiary/aromatic N) is 2. The third-order valence-corrected chi connectivity index (χ3v) is 6.21.